The molecule has 0 aliphatic carbocycles. The molecular formula is C52H43N5. The maximum Gasteiger partial charge on any atom is 0.238 e. The third-order valence-corrected chi connectivity index (χ3v) is 11.8. The van der Waals surface area contributed by atoms with Crippen LogP contribution < -0.4 is 4.90 Å². The Kier molecular flexibility index (Phi) is 8.33. The Morgan fingerprint density at radius 1 is 0.561 bits per heavy atom. The fraction of sp³-hybridized carbons (Fsp3) is 0.135. The molecule has 5 heteroatoms. The summed E-state index contributed by atoms with van der Waals surface area (Å²) in [5.74, 6) is 1.88. The lowest BCUT2D eigenvalue weighted by molar-refractivity contribution is 0.632. The Morgan fingerprint density at radius 2 is 1.19 bits per heavy atom. The molecule has 57 heavy (non-hydrogen) atoms. The molecule has 0 unspecified atom stereocenters. The summed E-state index contributed by atoms with van der Waals surface area (Å²) < 4.78 is 2.29. The van der Waals surface area contributed by atoms with Gasteiger partial charge in [-0.2, -0.15) is 9.97 Å². The number of aryl methyl sites for hydroxylation is 2. The Balaban J connectivity index is 1.27. The van der Waals surface area contributed by atoms with E-state index in [-0.39, 0.29) is 5.41 Å². The van der Waals surface area contributed by atoms with Crippen LogP contribution in [0.4, 0.5) is 17.1 Å². The number of para-hydroxylation sites is 3. The number of nitrogens with zero attached hydrogens (tertiary/aromatic N) is 5. The molecule has 0 radical (unpaired) electrons. The second-order valence-corrected chi connectivity index (χ2v) is 15.6. The molecule has 2 aromatic heterocycles. The van der Waals surface area contributed by atoms with Crippen LogP contribution in [-0.4, -0.2) is 19.5 Å². The van der Waals surface area contributed by atoms with E-state index in [1.54, 1.807) is 0 Å². The predicted octanol–water partition coefficient (Wildman–Crippen LogP) is 13.3. The van der Waals surface area contributed by atoms with Gasteiger partial charge in [-0.25, -0.2) is 4.98 Å². The van der Waals surface area contributed by atoms with Crippen LogP contribution in [0.3, 0.4) is 0 Å². The average molecular weight is 738 g/mol. The fourth-order valence-corrected chi connectivity index (χ4v) is 8.98. The van der Waals surface area contributed by atoms with E-state index in [0.717, 1.165) is 51.8 Å². The van der Waals surface area contributed by atoms with Gasteiger partial charge in [-0.1, -0.05) is 155 Å². The lowest BCUT2D eigenvalue weighted by Crippen LogP contribution is -2.30. The smallest absolute Gasteiger partial charge is 0.238 e. The molecule has 3 heterocycles. The van der Waals surface area contributed by atoms with E-state index in [1.165, 1.54) is 44.4 Å². The number of hydrogen-bond acceptors (Lipinski definition) is 4. The van der Waals surface area contributed by atoms with E-state index < -0.39 is 0 Å². The number of rotatable bonds is 7. The van der Waals surface area contributed by atoms with E-state index in [0.29, 0.717) is 17.6 Å². The first-order chi connectivity index (χ1) is 27.9. The van der Waals surface area contributed by atoms with Crippen molar-refractivity contribution in [3.63, 3.8) is 0 Å². The Bertz CT molecular complexity index is 2890. The first kappa shape index (κ1) is 34.6. The standard InChI is InChI=1S/C52H43N5/c1-5-18-35-29-32-46-47(34(35)2)41-26-17-25-40(48(41)57(46)51-54-49(36-19-9-6-10-20-36)53-50(55-51)37-21-11-7-12-22-37)38-30-31-45-43(33-38)52(3,4)42-27-15-16-28-44(42)56(45)39-23-13-8-14-24-39/h6-17,19-33H,5,18H2,1-4H3. The van der Waals surface area contributed by atoms with E-state index in [2.05, 4.69) is 165 Å². The molecule has 10 rings (SSSR count). The summed E-state index contributed by atoms with van der Waals surface area (Å²) in [4.78, 5) is 18.1. The maximum absolute atomic E-state index is 5.29. The van der Waals surface area contributed by atoms with Gasteiger partial charge in [0.1, 0.15) is 0 Å². The second kappa shape index (κ2) is 13.7. The van der Waals surface area contributed by atoms with Crippen LogP contribution in [0.15, 0.2) is 164 Å². The van der Waals surface area contributed by atoms with Crippen molar-refractivity contribution in [2.75, 3.05) is 4.90 Å². The number of benzene rings is 7. The van der Waals surface area contributed by atoms with Crippen molar-refractivity contribution < 1.29 is 0 Å². The highest BCUT2D eigenvalue weighted by molar-refractivity contribution is 6.15. The first-order valence-corrected chi connectivity index (χ1v) is 19.9. The zero-order valence-electron chi connectivity index (χ0n) is 32.7. The molecule has 0 N–H and O–H groups in total. The molecular weight excluding hydrogens is 695 g/mol. The van der Waals surface area contributed by atoms with Crippen LogP contribution in [0.25, 0.3) is 61.7 Å². The quantitative estimate of drug-likeness (QED) is 0.163. The molecule has 0 spiro atoms. The minimum absolute atomic E-state index is 0.247. The van der Waals surface area contributed by atoms with Crippen LogP contribution in [0.5, 0.6) is 0 Å². The zero-order chi connectivity index (χ0) is 38.7. The average Bonchev–Trinajstić information content (AvgIpc) is 3.61. The highest BCUT2D eigenvalue weighted by Crippen LogP contribution is 2.53. The highest BCUT2D eigenvalue weighted by Gasteiger charge is 2.37. The molecule has 9 aromatic rings. The van der Waals surface area contributed by atoms with Gasteiger partial charge >= 0.3 is 0 Å². The number of anilines is 3. The molecule has 0 bridgehead atoms. The summed E-state index contributed by atoms with van der Waals surface area (Å²) in [6.07, 6.45) is 2.11. The second-order valence-electron chi connectivity index (χ2n) is 15.6. The van der Waals surface area contributed by atoms with Gasteiger partial charge in [0.15, 0.2) is 11.6 Å². The molecule has 0 fully saturated rings. The molecule has 276 valence electrons. The summed E-state index contributed by atoms with van der Waals surface area (Å²) in [6, 6.07) is 58.4. The Labute approximate surface area is 334 Å². The van der Waals surface area contributed by atoms with Crippen molar-refractivity contribution in [1.29, 1.82) is 0 Å². The van der Waals surface area contributed by atoms with E-state index >= 15 is 0 Å². The number of hydrogen-bond donors (Lipinski definition) is 0. The Hall–Kier alpha value is -6.85. The molecule has 1 aliphatic rings. The minimum Gasteiger partial charge on any atom is -0.310 e. The van der Waals surface area contributed by atoms with Gasteiger partial charge in [0.05, 0.1) is 22.4 Å². The van der Waals surface area contributed by atoms with Crippen LogP contribution >= 0.6 is 0 Å². The monoisotopic (exact) mass is 737 g/mol. The predicted molar refractivity (Wildman–Crippen MR) is 236 cm³/mol. The lowest BCUT2D eigenvalue weighted by atomic mass is 9.73. The summed E-state index contributed by atoms with van der Waals surface area (Å²) >= 11 is 0. The molecule has 0 saturated carbocycles. The van der Waals surface area contributed by atoms with Gasteiger partial charge in [-0.05, 0) is 77.6 Å². The van der Waals surface area contributed by atoms with Crippen molar-refractivity contribution in [1.82, 2.24) is 19.5 Å². The fourth-order valence-electron chi connectivity index (χ4n) is 8.98. The van der Waals surface area contributed by atoms with Crippen molar-refractivity contribution in [3.8, 4) is 39.9 Å². The molecule has 0 saturated heterocycles. The van der Waals surface area contributed by atoms with Crippen molar-refractivity contribution in [3.05, 3.63) is 186 Å². The van der Waals surface area contributed by atoms with Gasteiger partial charge in [-0.3, -0.25) is 4.57 Å². The van der Waals surface area contributed by atoms with Crippen molar-refractivity contribution >= 4 is 38.9 Å². The molecule has 1 aliphatic heterocycles. The van der Waals surface area contributed by atoms with E-state index in [9.17, 15) is 0 Å². The van der Waals surface area contributed by atoms with Gasteiger partial charge in [0.25, 0.3) is 0 Å². The van der Waals surface area contributed by atoms with Crippen LogP contribution in [0.1, 0.15) is 49.4 Å². The van der Waals surface area contributed by atoms with Gasteiger partial charge in [0.2, 0.25) is 5.95 Å². The molecule has 0 atom stereocenters. The summed E-state index contributed by atoms with van der Waals surface area (Å²) in [7, 11) is 0. The van der Waals surface area contributed by atoms with Crippen molar-refractivity contribution in [2.24, 2.45) is 0 Å². The van der Waals surface area contributed by atoms with E-state index in [4.69, 9.17) is 15.0 Å². The van der Waals surface area contributed by atoms with E-state index in [1.807, 2.05) is 36.4 Å². The SMILES string of the molecule is CCCc1ccc2c(c1C)c1cccc(-c3ccc4c(c3)C(C)(C)c3ccccc3N4c3ccccc3)c1n2-c1nc(-c2ccccc2)nc(-c2ccccc2)n1. The maximum atomic E-state index is 5.29. The summed E-state index contributed by atoms with van der Waals surface area (Å²) in [6.45, 7) is 9.24. The summed E-state index contributed by atoms with van der Waals surface area (Å²) in [5.41, 5.74) is 14.9. The van der Waals surface area contributed by atoms with Gasteiger partial charge < -0.3 is 4.90 Å². The normalized spacial score (nSPS) is 13.2. The minimum atomic E-state index is -0.247. The summed E-state index contributed by atoms with van der Waals surface area (Å²) in [5, 5.41) is 2.43. The van der Waals surface area contributed by atoms with Gasteiger partial charge in [-0.15, -0.1) is 0 Å². The topological polar surface area (TPSA) is 46.8 Å². The van der Waals surface area contributed by atoms with Crippen LogP contribution in [0.2, 0.25) is 0 Å². The van der Waals surface area contributed by atoms with Crippen LogP contribution in [0, 0.1) is 6.92 Å². The first-order valence-electron chi connectivity index (χ1n) is 19.9. The molecule has 0 amide bonds. The third-order valence-electron chi connectivity index (χ3n) is 11.8. The number of fused-ring (bicyclic) bond motifs is 5. The van der Waals surface area contributed by atoms with Gasteiger partial charge in [0, 0.05) is 38.6 Å². The van der Waals surface area contributed by atoms with Crippen LogP contribution in [-0.2, 0) is 11.8 Å². The number of aromatic nitrogens is 4. The Morgan fingerprint density at radius 3 is 1.88 bits per heavy atom. The molecule has 7 aromatic carbocycles. The molecule has 5 nitrogen and oxygen atoms in total. The van der Waals surface area contributed by atoms with Crippen molar-refractivity contribution in [2.45, 2.75) is 46.0 Å². The third kappa shape index (κ3) is 5.64. The zero-order valence-corrected chi connectivity index (χ0v) is 32.7. The highest BCUT2D eigenvalue weighted by atomic mass is 15.2. The largest absolute Gasteiger partial charge is 0.310 e. The lowest BCUT2D eigenvalue weighted by Gasteiger charge is -2.42.